The number of aromatic nitrogens is 1. The molecular formula is C18H21Cl2N3O2S. The Morgan fingerprint density at radius 1 is 1.27 bits per heavy atom. The topological polar surface area (TPSA) is 71.1 Å². The van der Waals surface area contributed by atoms with Gasteiger partial charge >= 0.3 is 0 Å². The Labute approximate surface area is 167 Å². The summed E-state index contributed by atoms with van der Waals surface area (Å²) in [6, 6.07) is 4.13. The van der Waals surface area contributed by atoms with Crippen molar-refractivity contribution < 1.29 is 9.59 Å². The van der Waals surface area contributed by atoms with Gasteiger partial charge in [-0.05, 0) is 45.2 Å². The summed E-state index contributed by atoms with van der Waals surface area (Å²) in [5.41, 5.74) is 1.29. The van der Waals surface area contributed by atoms with Gasteiger partial charge in [-0.3, -0.25) is 9.59 Å². The summed E-state index contributed by atoms with van der Waals surface area (Å²) in [4.78, 5) is 28.7. The predicted molar refractivity (Wildman–Crippen MR) is 106 cm³/mol. The smallest absolute Gasteiger partial charge is 0.253 e. The van der Waals surface area contributed by atoms with Crippen molar-refractivity contribution >= 4 is 46.4 Å². The molecule has 2 aromatic rings. The molecular weight excluding hydrogens is 393 g/mol. The quantitative estimate of drug-likeness (QED) is 0.641. The highest BCUT2D eigenvalue weighted by molar-refractivity contribution is 7.09. The highest BCUT2D eigenvalue weighted by atomic mass is 35.5. The number of rotatable bonds is 8. The van der Waals surface area contributed by atoms with Gasteiger partial charge in [-0.15, -0.1) is 11.3 Å². The standard InChI is InChI=1S/C18H21Cl2N3O2S/c1-11-10-26-15(22-11)8-3-4-9-21-17(24)12(2)23-18(25)13-6-5-7-14(19)16(13)20/h5-7,10,12H,3-4,8-9H2,1-2H3,(H,21,24)(H,23,25). The number of thiazole rings is 1. The second-order valence-electron chi connectivity index (χ2n) is 5.93. The monoisotopic (exact) mass is 413 g/mol. The minimum Gasteiger partial charge on any atom is -0.354 e. The molecule has 26 heavy (non-hydrogen) atoms. The molecule has 1 aromatic carbocycles. The van der Waals surface area contributed by atoms with Gasteiger partial charge < -0.3 is 10.6 Å². The van der Waals surface area contributed by atoms with Gasteiger partial charge in [0, 0.05) is 17.6 Å². The molecule has 140 valence electrons. The fourth-order valence-electron chi connectivity index (χ4n) is 2.30. The molecule has 8 heteroatoms. The molecule has 0 aliphatic carbocycles. The number of nitrogens with zero attached hydrogens (tertiary/aromatic N) is 1. The molecule has 0 fully saturated rings. The summed E-state index contributed by atoms with van der Waals surface area (Å²) in [5.74, 6) is -0.666. The van der Waals surface area contributed by atoms with Crippen molar-refractivity contribution in [2.24, 2.45) is 0 Å². The molecule has 0 saturated carbocycles. The van der Waals surface area contributed by atoms with Gasteiger partial charge in [0.25, 0.3) is 5.91 Å². The lowest BCUT2D eigenvalue weighted by Crippen LogP contribution is -2.45. The molecule has 1 atom stereocenters. The Hall–Kier alpha value is -1.63. The van der Waals surface area contributed by atoms with Crippen molar-refractivity contribution in [3.63, 3.8) is 0 Å². The number of carbonyl (C=O) groups is 2. The summed E-state index contributed by atoms with van der Waals surface area (Å²) in [6.45, 7) is 4.16. The number of halogens is 2. The first kappa shape index (κ1) is 20.7. The second-order valence-corrected chi connectivity index (χ2v) is 7.66. The lowest BCUT2D eigenvalue weighted by atomic mass is 10.2. The summed E-state index contributed by atoms with van der Waals surface area (Å²) < 4.78 is 0. The number of unbranched alkanes of at least 4 members (excludes halogenated alkanes) is 1. The number of amides is 2. The zero-order chi connectivity index (χ0) is 19.1. The van der Waals surface area contributed by atoms with E-state index in [0.29, 0.717) is 11.6 Å². The SMILES string of the molecule is Cc1csc(CCCCNC(=O)C(C)NC(=O)c2cccc(Cl)c2Cl)n1. The van der Waals surface area contributed by atoms with Crippen LogP contribution in [-0.4, -0.2) is 29.4 Å². The van der Waals surface area contributed by atoms with E-state index >= 15 is 0 Å². The molecule has 5 nitrogen and oxygen atoms in total. The zero-order valence-corrected chi connectivity index (χ0v) is 17.0. The first-order valence-corrected chi connectivity index (χ1v) is 9.95. The third-order valence-electron chi connectivity index (χ3n) is 3.72. The van der Waals surface area contributed by atoms with Gasteiger partial charge in [-0.25, -0.2) is 4.98 Å². The van der Waals surface area contributed by atoms with Crippen molar-refractivity contribution in [3.8, 4) is 0 Å². The Morgan fingerprint density at radius 3 is 2.73 bits per heavy atom. The minimum absolute atomic E-state index is 0.177. The highest BCUT2D eigenvalue weighted by Gasteiger charge is 2.18. The van der Waals surface area contributed by atoms with Gasteiger partial charge in [0.05, 0.1) is 20.6 Å². The van der Waals surface area contributed by atoms with Crippen LogP contribution in [0.3, 0.4) is 0 Å². The minimum atomic E-state index is -0.667. The number of benzene rings is 1. The average Bonchev–Trinajstić information content (AvgIpc) is 3.01. The third-order valence-corrected chi connectivity index (χ3v) is 5.57. The Kier molecular flexibility index (Phi) is 7.87. The summed E-state index contributed by atoms with van der Waals surface area (Å²) >= 11 is 13.6. The van der Waals surface area contributed by atoms with Gasteiger partial charge in [-0.2, -0.15) is 0 Å². The lowest BCUT2D eigenvalue weighted by molar-refractivity contribution is -0.122. The van der Waals surface area contributed by atoms with Crippen molar-refractivity contribution in [2.45, 2.75) is 39.2 Å². The third kappa shape index (κ3) is 5.97. The van der Waals surface area contributed by atoms with Crippen molar-refractivity contribution in [2.75, 3.05) is 6.54 Å². The summed E-state index contributed by atoms with van der Waals surface area (Å²) in [7, 11) is 0. The van der Waals surface area contributed by atoms with Crippen molar-refractivity contribution in [3.05, 3.63) is 49.9 Å². The van der Waals surface area contributed by atoms with Crippen LogP contribution in [0.15, 0.2) is 23.6 Å². The molecule has 0 bridgehead atoms. The van der Waals surface area contributed by atoms with Crippen LogP contribution >= 0.6 is 34.5 Å². The normalized spacial score (nSPS) is 11.8. The number of hydrogen-bond donors (Lipinski definition) is 2. The Bertz CT molecular complexity index is 780. The van der Waals surface area contributed by atoms with Crippen LogP contribution in [0.5, 0.6) is 0 Å². The lowest BCUT2D eigenvalue weighted by Gasteiger charge is -2.15. The van der Waals surface area contributed by atoms with E-state index in [1.807, 2.05) is 12.3 Å². The molecule has 0 spiro atoms. The van der Waals surface area contributed by atoms with Crippen LogP contribution in [0.1, 0.15) is 40.8 Å². The molecule has 0 radical (unpaired) electrons. The van der Waals surface area contributed by atoms with E-state index < -0.39 is 11.9 Å². The van der Waals surface area contributed by atoms with Gasteiger partial charge in [-0.1, -0.05) is 29.3 Å². The summed E-state index contributed by atoms with van der Waals surface area (Å²) in [5, 5.41) is 9.09. The van der Waals surface area contributed by atoms with Gasteiger partial charge in [0.2, 0.25) is 5.91 Å². The number of carbonyl (C=O) groups excluding carboxylic acids is 2. The van der Waals surface area contributed by atoms with E-state index in [1.165, 1.54) is 0 Å². The van der Waals surface area contributed by atoms with Crippen LogP contribution in [-0.2, 0) is 11.2 Å². The molecule has 0 aliphatic heterocycles. The van der Waals surface area contributed by atoms with E-state index in [-0.39, 0.29) is 16.5 Å². The van der Waals surface area contributed by atoms with Gasteiger partial charge in [0.1, 0.15) is 6.04 Å². The fourth-order valence-corrected chi connectivity index (χ4v) is 3.51. The maximum atomic E-state index is 12.2. The first-order valence-electron chi connectivity index (χ1n) is 8.32. The molecule has 0 aliphatic rings. The van der Waals surface area contributed by atoms with Crippen LogP contribution in [0.4, 0.5) is 0 Å². The number of hydrogen-bond acceptors (Lipinski definition) is 4. The maximum absolute atomic E-state index is 12.2. The van der Waals surface area contributed by atoms with E-state index in [4.69, 9.17) is 23.2 Å². The van der Waals surface area contributed by atoms with Crippen molar-refractivity contribution in [1.82, 2.24) is 15.6 Å². The molecule has 0 saturated heterocycles. The fraction of sp³-hybridized carbons (Fsp3) is 0.389. The number of aryl methyl sites for hydroxylation is 2. The maximum Gasteiger partial charge on any atom is 0.253 e. The molecule has 2 N–H and O–H groups in total. The van der Waals surface area contributed by atoms with Crippen molar-refractivity contribution in [1.29, 1.82) is 0 Å². The molecule has 1 heterocycles. The van der Waals surface area contributed by atoms with Crippen LogP contribution in [0, 0.1) is 6.92 Å². The average molecular weight is 414 g/mol. The van der Waals surface area contributed by atoms with E-state index in [9.17, 15) is 9.59 Å². The molecule has 2 rings (SSSR count). The highest BCUT2D eigenvalue weighted by Crippen LogP contribution is 2.25. The van der Waals surface area contributed by atoms with Gasteiger partial charge in [0.15, 0.2) is 0 Å². The molecule has 2 amide bonds. The second kappa shape index (κ2) is 9.90. The Morgan fingerprint density at radius 2 is 2.04 bits per heavy atom. The van der Waals surface area contributed by atoms with E-state index in [2.05, 4.69) is 15.6 Å². The number of nitrogens with one attached hydrogen (secondary N) is 2. The van der Waals surface area contributed by atoms with Crippen LogP contribution in [0.25, 0.3) is 0 Å². The predicted octanol–water partition coefficient (Wildman–Crippen LogP) is 4.02. The zero-order valence-electron chi connectivity index (χ0n) is 14.6. The largest absolute Gasteiger partial charge is 0.354 e. The first-order chi connectivity index (χ1) is 12.4. The molecule has 1 unspecified atom stereocenters. The molecule has 1 aromatic heterocycles. The Balaban J connectivity index is 1.71. The summed E-state index contributed by atoms with van der Waals surface area (Å²) in [6.07, 6.45) is 2.71. The van der Waals surface area contributed by atoms with E-state index in [0.717, 1.165) is 30.0 Å². The van der Waals surface area contributed by atoms with Crippen LogP contribution < -0.4 is 10.6 Å². The van der Waals surface area contributed by atoms with Crippen LogP contribution in [0.2, 0.25) is 10.0 Å². The van der Waals surface area contributed by atoms with E-state index in [1.54, 1.807) is 36.5 Å².